The summed E-state index contributed by atoms with van der Waals surface area (Å²) in [5.74, 6) is 0.355. The highest BCUT2D eigenvalue weighted by molar-refractivity contribution is 5.93. The van der Waals surface area contributed by atoms with Crippen LogP contribution in [-0.2, 0) is 6.42 Å². The van der Waals surface area contributed by atoms with E-state index in [2.05, 4.69) is 44.2 Å². The van der Waals surface area contributed by atoms with Gasteiger partial charge in [-0.2, -0.15) is 0 Å². The minimum absolute atomic E-state index is 0.355. The minimum atomic E-state index is 0.355. The fourth-order valence-corrected chi connectivity index (χ4v) is 3.62. The summed E-state index contributed by atoms with van der Waals surface area (Å²) in [5, 5.41) is 9.70. The molecule has 0 fully saturated rings. The molecule has 0 unspecified atom stereocenters. The van der Waals surface area contributed by atoms with Crippen molar-refractivity contribution in [2.75, 3.05) is 0 Å². The van der Waals surface area contributed by atoms with Gasteiger partial charge in [-0.1, -0.05) is 43.7 Å². The second kappa shape index (κ2) is 6.39. The molecule has 1 nitrogen and oxygen atoms in total. The first kappa shape index (κ1) is 14.9. The van der Waals surface area contributed by atoms with Crippen molar-refractivity contribution in [1.29, 1.82) is 0 Å². The van der Waals surface area contributed by atoms with Crippen LogP contribution in [0.4, 0.5) is 0 Å². The number of benzene rings is 2. The Morgan fingerprint density at radius 1 is 1.00 bits per heavy atom. The van der Waals surface area contributed by atoms with Crippen molar-refractivity contribution in [3.05, 3.63) is 64.7 Å². The van der Waals surface area contributed by atoms with E-state index in [-0.39, 0.29) is 0 Å². The van der Waals surface area contributed by atoms with E-state index in [0.717, 1.165) is 25.7 Å². The van der Waals surface area contributed by atoms with Gasteiger partial charge in [-0.3, -0.25) is 0 Å². The molecule has 0 aliphatic heterocycles. The van der Waals surface area contributed by atoms with E-state index in [4.69, 9.17) is 0 Å². The average Bonchev–Trinajstić information content (AvgIpc) is 2.68. The van der Waals surface area contributed by atoms with Gasteiger partial charge < -0.3 is 5.11 Å². The molecule has 0 heterocycles. The quantitative estimate of drug-likeness (QED) is 0.764. The number of aromatic hydroxyl groups is 1. The van der Waals surface area contributed by atoms with Gasteiger partial charge in [-0.25, -0.2) is 0 Å². The molecule has 1 aliphatic rings. The van der Waals surface area contributed by atoms with Crippen molar-refractivity contribution in [3.63, 3.8) is 0 Å². The van der Waals surface area contributed by atoms with Gasteiger partial charge in [0.1, 0.15) is 5.75 Å². The molecule has 0 saturated carbocycles. The van der Waals surface area contributed by atoms with Gasteiger partial charge in [0.25, 0.3) is 0 Å². The van der Waals surface area contributed by atoms with Crippen LogP contribution in [0.2, 0.25) is 0 Å². The van der Waals surface area contributed by atoms with Crippen LogP contribution in [0.25, 0.3) is 11.1 Å². The Morgan fingerprint density at radius 2 is 1.82 bits per heavy atom. The summed E-state index contributed by atoms with van der Waals surface area (Å²) in [7, 11) is 0. The summed E-state index contributed by atoms with van der Waals surface area (Å²) < 4.78 is 0. The lowest BCUT2D eigenvalue weighted by atomic mass is 9.88. The molecule has 0 spiro atoms. The molecular formula is C21H24O. The molecule has 0 saturated heterocycles. The molecule has 22 heavy (non-hydrogen) atoms. The van der Waals surface area contributed by atoms with Gasteiger partial charge in [0.15, 0.2) is 0 Å². The number of hydrogen-bond acceptors (Lipinski definition) is 1. The maximum absolute atomic E-state index is 9.70. The molecule has 3 rings (SSSR count). The highest BCUT2D eigenvalue weighted by Crippen LogP contribution is 2.39. The second-order valence-corrected chi connectivity index (χ2v) is 6.22. The number of phenols is 1. The maximum atomic E-state index is 9.70. The van der Waals surface area contributed by atoms with Crippen LogP contribution in [-0.4, -0.2) is 5.11 Å². The zero-order valence-electron chi connectivity index (χ0n) is 13.5. The van der Waals surface area contributed by atoms with E-state index in [1.54, 1.807) is 0 Å². The first-order valence-electron chi connectivity index (χ1n) is 8.31. The lowest BCUT2D eigenvalue weighted by molar-refractivity contribution is 0.475. The van der Waals surface area contributed by atoms with Crippen molar-refractivity contribution < 1.29 is 5.11 Å². The highest BCUT2D eigenvalue weighted by Gasteiger charge is 2.18. The SMILES string of the molecule is CCCC1=C(c2ccc(O)cc2C)CCCc2ccccc21. The van der Waals surface area contributed by atoms with Gasteiger partial charge in [-0.05, 0) is 78.1 Å². The van der Waals surface area contributed by atoms with Crippen LogP contribution < -0.4 is 0 Å². The molecule has 1 N–H and O–H groups in total. The van der Waals surface area contributed by atoms with Crippen molar-refractivity contribution in [2.24, 2.45) is 0 Å². The lowest BCUT2D eigenvalue weighted by Crippen LogP contribution is -1.95. The Morgan fingerprint density at radius 3 is 2.59 bits per heavy atom. The zero-order valence-corrected chi connectivity index (χ0v) is 13.5. The second-order valence-electron chi connectivity index (χ2n) is 6.22. The molecule has 0 bridgehead atoms. The summed E-state index contributed by atoms with van der Waals surface area (Å²) in [6.45, 7) is 4.35. The number of aryl methyl sites for hydroxylation is 2. The van der Waals surface area contributed by atoms with E-state index in [1.807, 2.05) is 12.1 Å². The van der Waals surface area contributed by atoms with E-state index >= 15 is 0 Å². The molecule has 1 aliphatic carbocycles. The van der Waals surface area contributed by atoms with Crippen LogP contribution in [0.1, 0.15) is 54.9 Å². The summed E-state index contributed by atoms with van der Waals surface area (Å²) in [6.07, 6.45) is 5.75. The van der Waals surface area contributed by atoms with E-state index in [1.165, 1.54) is 39.8 Å². The Bertz CT molecular complexity index is 710. The Kier molecular flexibility index (Phi) is 4.33. The van der Waals surface area contributed by atoms with Crippen molar-refractivity contribution in [1.82, 2.24) is 0 Å². The Labute approximate surface area is 133 Å². The summed E-state index contributed by atoms with van der Waals surface area (Å²) in [6, 6.07) is 14.6. The summed E-state index contributed by atoms with van der Waals surface area (Å²) >= 11 is 0. The van der Waals surface area contributed by atoms with Crippen LogP contribution >= 0.6 is 0 Å². The van der Waals surface area contributed by atoms with Crippen LogP contribution in [0.5, 0.6) is 5.75 Å². The molecule has 0 atom stereocenters. The number of hydrogen-bond donors (Lipinski definition) is 1. The number of fused-ring (bicyclic) bond motifs is 1. The largest absolute Gasteiger partial charge is 0.508 e. The Balaban J connectivity index is 2.21. The minimum Gasteiger partial charge on any atom is -0.508 e. The normalized spacial score (nSPS) is 14.6. The summed E-state index contributed by atoms with van der Waals surface area (Å²) in [4.78, 5) is 0. The van der Waals surface area contributed by atoms with E-state index in [9.17, 15) is 5.11 Å². The third-order valence-corrected chi connectivity index (χ3v) is 4.61. The maximum Gasteiger partial charge on any atom is 0.115 e. The smallest absolute Gasteiger partial charge is 0.115 e. The first-order valence-corrected chi connectivity index (χ1v) is 8.31. The van der Waals surface area contributed by atoms with Crippen LogP contribution in [0.3, 0.4) is 0 Å². The zero-order chi connectivity index (χ0) is 15.5. The molecule has 1 heteroatoms. The highest BCUT2D eigenvalue weighted by atomic mass is 16.3. The predicted octanol–water partition coefficient (Wildman–Crippen LogP) is 5.75. The van der Waals surface area contributed by atoms with Gasteiger partial charge in [0.2, 0.25) is 0 Å². The molecule has 2 aromatic carbocycles. The topological polar surface area (TPSA) is 20.2 Å². The molecule has 0 amide bonds. The van der Waals surface area contributed by atoms with Crippen molar-refractivity contribution in [3.8, 4) is 5.75 Å². The molecule has 114 valence electrons. The van der Waals surface area contributed by atoms with E-state index in [0.29, 0.717) is 5.75 Å². The average molecular weight is 292 g/mol. The van der Waals surface area contributed by atoms with Crippen molar-refractivity contribution in [2.45, 2.75) is 46.0 Å². The lowest BCUT2D eigenvalue weighted by Gasteiger charge is -2.17. The predicted molar refractivity (Wildman–Crippen MR) is 93.9 cm³/mol. The Hall–Kier alpha value is -2.02. The molecule has 0 radical (unpaired) electrons. The third-order valence-electron chi connectivity index (χ3n) is 4.61. The molecule has 2 aromatic rings. The van der Waals surface area contributed by atoms with Crippen LogP contribution in [0, 0.1) is 6.92 Å². The fourth-order valence-electron chi connectivity index (χ4n) is 3.62. The molecule has 0 aromatic heterocycles. The number of allylic oxidation sites excluding steroid dienone is 2. The van der Waals surface area contributed by atoms with Gasteiger partial charge >= 0.3 is 0 Å². The molecular weight excluding hydrogens is 268 g/mol. The van der Waals surface area contributed by atoms with Gasteiger partial charge in [-0.15, -0.1) is 0 Å². The number of phenolic OH excluding ortho intramolecular Hbond substituents is 1. The van der Waals surface area contributed by atoms with E-state index < -0.39 is 0 Å². The van der Waals surface area contributed by atoms with Crippen molar-refractivity contribution >= 4 is 11.1 Å². The third kappa shape index (κ3) is 2.81. The monoisotopic (exact) mass is 292 g/mol. The fraction of sp³-hybridized carbons (Fsp3) is 0.333. The standard InChI is InChI=1S/C21H24O/c1-3-7-20-19-10-5-4-8-16(19)9-6-11-21(20)18-13-12-17(22)14-15(18)2/h4-5,8,10,12-14,22H,3,6-7,9,11H2,1-2H3. The summed E-state index contributed by atoms with van der Waals surface area (Å²) in [5.41, 5.74) is 8.37. The van der Waals surface area contributed by atoms with Gasteiger partial charge in [0, 0.05) is 0 Å². The number of rotatable bonds is 3. The van der Waals surface area contributed by atoms with Crippen LogP contribution in [0.15, 0.2) is 42.5 Å². The first-order chi connectivity index (χ1) is 10.7. The van der Waals surface area contributed by atoms with Gasteiger partial charge in [0.05, 0.1) is 0 Å².